The minimum Gasteiger partial charge on any atom is -0.307 e. The van der Waals surface area contributed by atoms with Crippen molar-refractivity contribution in [3.63, 3.8) is 0 Å². The average molecular weight is 256 g/mol. The third-order valence-corrected chi connectivity index (χ3v) is 4.94. The Kier molecular flexibility index (Phi) is 4.67. The van der Waals surface area contributed by atoms with Gasteiger partial charge < -0.3 is 5.32 Å². The van der Waals surface area contributed by atoms with Crippen molar-refractivity contribution in [1.82, 2.24) is 10.3 Å². The Labute approximate surface area is 106 Å². The van der Waals surface area contributed by atoms with Crippen LogP contribution in [0.15, 0.2) is 0 Å². The second kappa shape index (κ2) is 6.03. The van der Waals surface area contributed by atoms with Gasteiger partial charge in [0.05, 0.1) is 11.7 Å². The number of thiazole rings is 1. The van der Waals surface area contributed by atoms with Gasteiger partial charge in [-0.2, -0.15) is 11.8 Å². The summed E-state index contributed by atoms with van der Waals surface area (Å²) in [6, 6.07) is 0.419. The highest BCUT2D eigenvalue weighted by Gasteiger charge is 2.17. The molecule has 1 unspecified atom stereocenters. The zero-order chi connectivity index (χ0) is 11.4. The van der Waals surface area contributed by atoms with E-state index in [0.29, 0.717) is 6.04 Å². The number of thioether (sulfide) groups is 1. The van der Waals surface area contributed by atoms with Crippen LogP contribution >= 0.6 is 23.1 Å². The number of hydrogen-bond acceptors (Lipinski definition) is 4. The van der Waals surface area contributed by atoms with Crippen molar-refractivity contribution in [2.45, 2.75) is 38.6 Å². The molecule has 0 fully saturated rings. The lowest BCUT2D eigenvalue weighted by molar-refractivity contribution is 0.593. The normalized spacial score (nSPS) is 17.1. The van der Waals surface area contributed by atoms with Gasteiger partial charge in [-0.3, -0.25) is 0 Å². The Bertz CT molecular complexity index is 312. The molecule has 0 spiro atoms. The monoisotopic (exact) mass is 256 g/mol. The maximum atomic E-state index is 4.78. The van der Waals surface area contributed by atoms with Crippen molar-refractivity contribution in [1.29, 1.82) is 0 Å². The van der Waals surface area contributed by atoms with Gasteiger partial charge in [0.2, 0.25) is 0 Å². The van der Waals surface area contributed by atoms with E-state index in [0.717, 1.165) is 6.54 Å². The third-order valence-electron chi connectivity index (χ3n) is 2.99. The predicted molar refractivity (Wildman–Crippen MR) is 73.6 cm³/mol. The van der Waals surface area contributed by atoms with Crippen molar-refractivity contribution in [2.75, 3.05) is 18.6 Å². The van der Waals surface area contributed by atoms with E-state index in [1.807, 2.05) is 23.1 Å². The fourth-order valence-corrected chi connectivity index (χ4v) is 3.52. The smallest absolute Gasteiger partial charge is 0.110 e. The van der Waals surface area contributed by atoms with Crippen molar-refractivity contribution >= 4 is 23.1 Å². The minimum absolute atomic E-state index is 0.419. The van der Waals surface area contributed by atoms with Gasteiger partial charge in [0.15, 0.2) is 0 Å². The number of aromatic nitrogens is 1. The fraction of sp³-hybridized carbons (Fsp3) is 0.750. The Morgan fingerprint density at radius 3 is 3.00 bits per heavy atom. The molecule has 0 saturated carbocycles. The first-order valence-corrected chi connectivity index (χ1v) is 8.23. The van der Waals surface area contributed by atoms with Gasteiger partial charge in [0.25, 0.3) is 0 Å². The van der Waals surface area contributed by atoms with Crippen molar-refractivity contribution in [2.24, 2.45) is 0 Å². The number of nitrogens with zero attached hydrogens (tertiary/aromatic N) is 1. The molecule has 1 N–H and O–H groups in total. The van der Waals surface area contributed by atoms with E-state index in [1.165, 1.54) is 42.1 Å². The van der Waals surface area contributed by atoms with E-state index in [2.05, 4.69) is 18.5 Å². The summed E-state index contributed by atoms with van der Waals surface area (Å²) in [5.41, 5.74) is 1.38. The first-order chi connectivity index (χ1) is 7.81. The molecule has 0 saturated heterocycles. The highest BCUT2D eigenvalue weighted by molar-refractivity contribution is 7.98. The van der Waals surface area contributed by atoms with Crippen molar-refractivity contribution < 1.29 is 0 Å². The molecule has 0 radical (unpaired) electrons. The van der Waals surface area contributed by atoms with Gasteiger partial charge in [-0.1, -0.05) is 0 Å². The molecule has 16 heavy (non-hydrogen) atoms. The van der Waals surface area contributed by atoms with E-state index >= 15 is 0 Å². The van der Waals surface area contributed by atoms with Gasteiger partial charge in [-0.25, -0.2) is 4.98 Å². The molecule has 0 amide bonds. The van der Waals surface area contributed by atoms with Gasteiger partial charge in [0, 0.05) is 17.2 Å². The molecule has 1 aliphatic carbocycles. The molecular formula is C12H20N2S2. The Balaban J connectivity index is 1.95. The molecule has 1 heterocycles. The highest BCUT2D eigenvalue weighted by atomic mass is 32.2. The lowest BCUT2D eigenvalue weighted by atomic mass is 10.0. The number of fused-ring (bicyclic) bond motifs is 1. The molecule has 2 nitrogen and oxygen atoms in total. The number of nitrogens with one attached hydrogen (secondary N) is 1. The van der Waals surface area contributed by atoms with Crippen LogP contribution in [0.2, 0.25) is 0 Å². The summed E-state index contributed by atoms with van der Waals surface area (Å²) in [6.45, 7) is 3.30. The highest BCUT2D eigenvalue weighted by Crippen LogP contribution is 2.29. The molecule has 1 aliphatic rings. The van der Waals surface area contributed by atoms with E-state index in [-0.39, 0.29) is 0 Å². The van der Waals surface area contributed by atoms with Crippen LogP contribution in [0.1, 0.15) is 41.4 Å². The molecule has 0 bridgehead atoms. The first-order valence-electron chi connectivity index (χ1n) is 6.02. The van der Waals surface area contributed by atoms with E-state index in [1.54, 1.807) is 4.88 Å². The van der Waals surface area contributed by atoms with Crippen molar-refractivity contribution in [3.05, 3.63) is 15.6 Å². The van der Waals surface area contributed by atoms with Gasteiger partial charge in [-0.15, -0.1) is 11.3 Å². The zero-order valence-electron chi connectivity index (χ0n) is 10.1. The van der Waals surface area contributed by atoms with Crippen LogP contribution in [0.4, 0.5) is 0 Å². The maximum Gasteiger partial charge on any atom is 0.110 e. The van der Waals surface area contributed by atoms with Crippen LogP contribution < -0.4 is 5.32 Å². The van der Waals surface area contributed by atoms with Gasteiger partial charge in [0.1, 0.15) is 5.01 Å². The van der Waals surface area contributed by atoms with Crippen LogP contribution in [0.25, 0.3) is 0 Å². The topological polar surface area (TPSA) is 24.9 Å². The lowest BCUT2D eigenvalue weighted by Crippen LogP contribution is -2.21. The maximum absolute atomic E-state index is 4.78. The van der Waals surface area contributed by atoms with Crippen LogP contribution in [-0.2, 0) is 12.8 Å². The summed E-state index contributed by atoms with van der Waals surface area (Å²) < 4.78 is 0. The van der Waals surface area contributed by atoms with Crippen LogP contribution in [0.3, 0.4) is 0 Å². The molecular weight excluding hydrogens is 236 g/mol. The van der Waals surface area contributed by atoms with E-state index in [4.69, 9.17) is 4.98 Å². The predicted octanol–water partition coefficient (Wildman–Crippen LogP) is 3.04. The minimum atomic E-state index is 0.419. The third kappa shape index (κ3) is 2.99. The standard InChI is InChI=1S/C12H20N2S2/c1-9(13-7-8-15-2)12-14-10-5-3-4-6-11(10)16-12/h9,13H,3-8H2,1-2H3. The Hall–Kier alpha value is -0.0600. The summed E-state index contributed by atoms with van der Waals surface area (Å²) >= 11 is 3.81. The SMILES string of the molecule is CSCCNC(C)c1nc2c(s1)CCCC2. The first kappa shape index (κ1) is 12.4. The summed E-state index contributed by atoms with van der Waals surface area (Å²) in [4.78, 5) is 6.32. The molecule has 1 aromatic rings. The molecule has 90 valence electrons. The Morgan fingerprint density at radius 2 is 2.25 bits per heavy atom. The summed E-state index contributed by atoms with van der Waals surface area (Å²) in [7, 11) is 0. The molecule has 4 heteroatoms. The molecule has 2 rings (SSSR count). The second-order valence-electron chi connectivity index (χ2n) is 4.30. The van der Waals surface area contributed by atoms with Crippen LogP contribution in [0.5, 0.6) is 0 Å². The Morgan fingerprint density at radius 1 is 1.44 bits per heavy atom. The van der Waals surface area contributed by atoms with E-state index in [9.17, 15) is 0 Å². The molecule has 0 aromatic carbocycles. The molecule has 1 atom stereocenters. The summed E-state index contributed by atoms with van der Waals surface area (Å²) in [6.07, 6.45) is 7.27. The zero-order valence-corrected chi connectivity index (χ0v) is 11.7. The van der Waals surface area contributed by atoms with Crippen LogP contribution in [-0.4, -0.2) is 23.5 Å². The number of aryl methyl sites for hydroxylation is 2. The number of rotatable bonds is 5. The largest absolute Gasteiger partial charge is 0.307 e. The van der Waals surface area contributed by atoms with Gasteiger partial charge >= 0.3 is 0 Å². The second-order valence-corrected chi connectivity index (χ2v) is 6.40. The lowest BCUT2D eigenvalue weighted by Gasteiger charge is -2.09. The average Bonchev–Trinajstić information content (AvgIpc) is 2.73. The summed E-state index contributed by atoms with van der Waals surface area (Å²) in [5.74, 6) is 1.18. The van der Waals surface area contributed by atoms with E-state index < -0.39 is 0 Å². The van der Waals surface area contributed by atoms with Gasteiger partial charge in [-0.05, 0) is 38.9 Å². The van der Waals surface area contributed by atoms with Crippen molar-refractivity contribution in [3.8, 4) is 0 Å². The number of hydrogen-bond donors (Lipinski definition) is 1. The molecule has 0 aliphatic heterocycles. The quantitative estimate of drug-likeness (QED) is 0.820. The summed E-state index contributed by atoms with van der Waals surface area (Å²) in [5, 5.41) is 4.82. The van der Waals surface area contributed by atoms with Crippen LogP contribution in [0, 0.1) is 0 Å². The molecule has 1 aromatic heterocycles. The fourth-order valence-electron chi connectivity index (χ4n) is 2.02.